The Kier molecular flexibility index (Phi) is 4.83. The van der Waals surface area contributed by atoms with Gasteiger partial charge >= 0.3 is 0 Å². The highest BCUT2D eigenvalue weighted by Crippen LogP contribution is 2.27. The quantitative estimate of drug-likeness (QED) is 0.680. The number of nitro benzene ring substituents is 1. The molecule has 0 saturated carbocycles. The molecule has 1 aliphatic rings. The second-order valence-electron chi connectivity index (χ2n) is 5.92. The zero-order valence-corrected chi connectivity index (χ0v) is 13.7. The molecule has 0 atom stereocenters. The van der Waals surface area contributed by atoms with Gasteiger partial charge in [0.05, 0.1) is 17.0 Å². The number of carbonyl (C=O) groups is 1. The topological polar surface area (TPSA) is 86.9 Å². The molecule has 2 aromatic rings. The summed E-state index contributed by atoms with van der Waals surface area (Å²) in [6, 6.07) is 13.4. The molecule has 0 unspecified atom stereocenters. The predicted octanol–water partition coefficient (Wildman–Crippen LogP) is 2.19. The van der Waals surface area contributed by atoms with Crippen molar-refractivity contribution in [2.24, 2.45) is 0 Å². The van der Waals surface area contributed by atoms with Gasteiger partial charge in [0.1, 0.15) is 5.75 Å². The van der Waals surface area contributed by atoms with Crippen LogP contribution in [0.5, 0.6) is 5.75 Å². The van der Waals surface area contributed by atoms with Crippen LogP contribution in [0.25, 0.3) is 0 Å². The van der Waals surface area contributed by atoms with E-state index in [1.165, 1.54) is 6.07 Å². The Balaban J connectivity index is 1.63. The van der Waals surface area contributed by atoms with E-state index in [1.54, 1.807) is 35.2 Å². The summed E-state index contributed by atoms with van der Waals surface area (Å²) in [4.78, 5) is 26.8. The third kappa shape index (κ3) is 3.71. The van der Waals surface area contributed by atoms with Gasteiger partial charge in [0.2, 0.25) is 5.91 Å². The van der Waals surface area contributed by atoms with E-state index >= 15 is 0 Å². The number of piperazine rings is 1. The van der Waals surface area contributed by atoms with E-state index in [1.807, 2.05) is 17.0 Å². The number of hydrogen-bond donors (Lipinski definition) is 1. The number of aromatic hydroxyl groups is 1. The molecule has 1 N–H and O–H groups in total. The van der Waals surface area contributed by atoms with Gasteiger partial charge in [-0.3, -0.25) is 14.9 Å². The van der Waals surface area contributed by atoms with Crippen LogP contribution in [0.4, 0.5) is 11.4 Å². The molecule has 0 spiro atoms. The zero-order chi connectivity index (χ0) is 17.8. The second-order valence-corrected chi connectivity index (χ2v) is 5.92. The van der Waals surface area contributed by atoms with E-state index in [0.717, 1.165) is 5.69 Å². The van der Waals surface area contributed by atoms with Gasteiger partial charge in [-0.25, -0.2) is 0 Å². The molecule has 1 aliphatic heterocycles. The van der Waals surface area contributed by atoms with E-state index in [9.17, 15) is 20.0 Å². The number of phenolic OH excluding ortho intramolecular Hbond substituents is 1. The molecule has 1 saturated heterocycles. The molecular weight excluding hydrogens is 322 g/mol. The van der Waals surface area contributed by atoms with Crippen LogP contribution in [0.1, 0.15) is 5.56 Å². The maximum atomic E-state index is 12.5. The summed E-state index contributed by atoms with van der Waals surface area (Å²) < 4.78 is 0. The molecule has 25 heavy (non-hydrogen) atoms. The number of amides is 1. The lowest BCUT2D eigenvalue weighted by atomic mass is 10.1. The Labute approximate surface area is 145 Å². The van der Waals surface area contributed by atoms with Crippen molar-refractivity contribution in [1.82, 2.24) is 4.90 Å². The van der Waals surface area contributed by atoms with Crippen molar-refractivity contribution in [2.75, 3.05) is 31.1 Å². The van der Waals surface area contributed by atoms with Crippen LogP contribution in [0.2, 0.25) is 0 Å². The molecule has 0 aromatic heterocycles. The standard InChI is InChI=1S/C18H19N3O4/c22-17-8-4-3-7-16(17)19-9-11-20(12-10-19)18(23)13-14-5-1-2-6-15(14)21(24)25/h1-8,22H,9-13H2. The van der Waals surface area contributed by atoms with Crippen molar-refractivity contribution < 1.29 is 14.8 Å². The summed E-state index contributed by atoms with van der Waals surface area (Å²) in [5.74, 6) is 0.105. The fraction of sp³-hybridized carbons (Fsp3) is 0.278. The van der Waals surface area contributed by atoms with Crippen LogP contribution in [-0.4, -0.2) is 47.0 Å². The molecule has 0 radical (unpaired) electrons. The monoisotopic (exact) mass is 341 g/mol. The minimum Gasteiger partial charge on any atom is -0.506 e. The minimum absolute atomic E-state index is 0.0216. The van der Waals surface area contributed by atoms with E-state index in [-0.39, 0.29) is 23.8 Å². The van der Waals surface area contributed by atoms with E-state index in [0.29, 0.717) is 31.7 Å². The number of rotatable bonds is 4. The first-order valence-corrected chi connectivity index (χ1v) is 8.09. The van der Waals surface area contributed by atoms with Crippen molar-refractivity contribution in [3.8, 4) is 5.75 Å². The third-order valence-corrected chi connectivity index (χ3v) is 4.38. The summed E-state index contributed by atoms with van der Waals surface area (Å²) in [6.07, 6.45) is 0.0216. The molecule has 2 aromatic carbocycles. The summed E-state index contributed by atoms with van der Waals surface area (Å²) in [7, 11) is 0. The van der Waals surface area contributed by atoms with Crippen LogP contribution >= 0.6 is 0 Å². The normalized spacial score (nSPS) is 14.4. The maximum Gasteiger partial charge on any atom is 0.273 e. The number of benzene rings is 2. The SMILES string of the molecule is O=C(Cc1ccccc1[N+](=O)[O-])N1CCN(c2ccccc2O)CC1. The molecule has 0 bridgehead atoms. The maximum absolute atomic E-state index is 12.5. The van der Waals surface area contributed by atoms with Crippen LogP contribution in [0.15, 0.2) is 48.5 Å². The Morgan fingerprint density at radius 2 is 1.68 bits per heavy atom. The number of nitrogens with zero attached hydrogens (tertiary/aromatic N) is 3. The molecule has 130 valence electrons. The van der Waals surface area contributed by atoms with Crippen LogP contribution in [0, 0.1) is 10.1 Å². The van der Waals surface area contributed by atoms with Gasteiger partial charge in [0.15, 0.2) is 0 Å². The first-order valence-electron chi connectivity index (χ1n) is 8.09. The van der Waals surface area contributed by atoms with Crippen LogP contribution < -0.4 is 4.90 Å². The van der Waals surface area contributed by atoms with Crippen molar-refractivity contribution in [3.63, 3.8) is 0 Å². The average molecular weight is 341 g/mol. The molecule has 1 heterocycles. The van der Waals surface area contributed by atoms with Crippen molar-refractivity contribution in [3.05, 3.63) is 64.2 Å². The number of para-hydroxylation sites is 3. The molecule has 1 amide bonds. The third-order valence-electron chi connectivity index (χ3n) is 4.38. The highest BCUT2D eigenvalue weighted by molar-refractivity contribution is 5.80. The Bertz CT molecular complexity index is 785. The number of hydrogen-bond acceptors (Lipinski definition) is 5. The van der Waals surface area contributed by atoms with E-state index < -0.39 is 4.92 Å². The zero-order valence-electron chi connectivity index (χ0n) is 13.7. The lowest BCUT2D eigenvalue weighted by molar-refractivity contribution is -0.385. The number of anilines is 1. The van der Waals surface area contributed by atoms with Gasteiger partial charge in [-0.15, -0.1) is 0 Å². The van der Waals surface area contributed by atoms with Gasteiger partial charge in [-0.1, -0.05) is 30.3 Å². The van der Waals surface area contributed by atoms with Crippen LogP contribution in [-0.2, 0) is 11.2 Å². The van der Waals surface area contributed by atoms with Gasteiger partial charge in [-0.05, 0) is 12.1 Å². The molecule has 0 aliphatic carbocycles. The minimum atomic E-state index is -0.460. The van der Waals surface area contributed by atoms with E-state index in [2.05, 4.69) is 0 Å². The predicted molar refractivity (Wildman–Crippen MR) is 93.7 cm³/mol. The fourth-order valence-electron chi connectivity index (χ4n) is 3.04. The fourth-order valence-corrected chi connectivity index (χ4v) is 3.04. The van der Waals surface area contributed by atoms with Gasteiger partial charge in [0.25, 0.3) is 5.69 Å². The van der Waals surface area contributed by atoms with E-state index in [4.69, 9.17) is 0 Å². The van der Waals surface area contributed by atoms with Gasteiger partial charge in [-0.2, -0.15) is 0 Å². The number of nitro groups is 1. The van der Waals surface area contributed by atoms with Crippen molar-refractivity contribution in [2.45, 2.75) is 6.42 Å². The highest BCUT2D eigenvalue weighted by Gasteiger charge is 2.24. The Hall–Kier alpha value is -3.09. The summed E-state index contributed by atoms with van der Waals surface area (Å²) in [5, 5.41) is 21.0. The van der Waals surface area contributed by atoms with Crippen molar-refractivity contribution in [1.29, 1.82) is 0 Å². The first kappa shape index (κ1) is 16.8. The molecule has 7 nitrogen and oxygen atoms in total. The Morgan fingerprint density at radius 3 is 2.36 bits per heavy atom. The smallest absolute Gasteiger partial charge is 0.273 e. The second kappa shape index (κ2) is 7.21. The largest absolute Gasteiger partial charge is 0.506 e. The molecule has 1 fully saturated rings. The van der Waals surface area contributed by atoms with Crippen LogP contribution in [0.3, 0.4) is 0 Å². The van der Waals surface area contributed by atoms with Crippen molar-refractivity contribution >= 4 is 17.3 Å². The molecular formula is C18H19N3O4. The lowest BCUT2D eigenvalue weighted by Gasteiger charge is -2.36. The summed E-state index contributed by atoms with van der Waals surface area (Å²) in [5.41, 5.74) is 1.16. The van der Waals surface area contributed by atoms with Gasteiger partial charge in [0, 0.05) is 37.8 Å². The first-order chi connectivity index (χ1) is 12.1. The molecule has 3 rings (SSSR count). The average Bonchev–Trinajstić information content (AvgIpc) is 2.62. The summed E-state index contributed by atoms with van der Waals surface area (Å²) in [6.45, 7) is 2.27. The number of carbonyl (C=O) groups excluding carboxylic acids is 1. The van der Waals surface area contributed by atoms with Gasteiger partial charge < -0.3 is 14.9 Å². The Morgan fingerprint density at radius 1 is 1.04 bits per heavy atom. The molecule has 7 heteroatoms. The highest BCUT2D eigenvalue weighted by atomic mass is 16.6. The summed E-state index contributed by atoms with van der Waals surface area (Å²) >= 11 is 0. The lowest BCUT2D eigenvalue weighted by Crippen LogP contribution is -2.49. The number of phenols is 1.